The molecule has 0 saturated carbocycles. The van der Waals surface area contributed by atoms with Crippen LogP contribution in [0.25, 0.3) is 0 Å². The Labute approximate surface area is 132 Å². The van der Waals surface area contributed by atoms with Gasteiger partial charge in [-0.15, -0.1) is 0 Å². The van der Waals surface area contributed by atoms with Crippen LogP contribution in [0.5, 0.6) is 0 Å². The predicted octanol–water partition coefficient (Wildman–Crippen LogP) is 4.21. The van der Waals surface area contributed by atoms with Crippen LogP contribution in [0.4, 0.5) is 0 Å². The largest absolute Gasteiger partial charge is 0.289 e. The predicted molar refractivity (Wildman–Crippen MR) is 88.2 cm³/mol. The first-order valence-electron chi connectivity index (χ1n) is 7.76. The Kier molecular flexibility index (Phi) is 5.35. The number of hydrogen-bond donors (Lipinski definition) is 0. The molecule has 1 aromatic carbocycles. The summed E-state index contributed by atoms with van der Waals surface area (Å²) in [6.07, 6.45) is 3.94. The van der Waals surface area contributed by atoms with Gasteiger partial charge in [0.05, 0.1) is 4.90 Å². The number of rotatable bonds is 6. The lowest BCUT2D eigenvalue weighted by atomic mass is 10.0. The second-order valence-electron chi connectivity index (χ2n) is 5.59. The van der Waals surface area contributed by atoms with E-state index in [-0.39, 0.29) is 10.7 Å². The number of ketones is 1. The summed E-state index contributed by atoms with van der Waals surface area (Å²) in [5, 5.41) is 1.17. The van der Waals surface area contributed by atoms with E-state index in [1.165, 1.54) is 5.41 Å². The molecule has 0 heterocycles. The number of benzene rings is 1. The lowest BCUT2D eigenvalue weighted by Gasteiger charge is -2.02. The Bertz CT molecular complexity index is 710. The molecular formula is C18H22O3S. The summed E-state index contributed by atoms with van der Waals surface area (Å²) < 4.78 is 24.8. The molecule has 4 heteroatoms. The van der Waals surface area contributed by atoms with Gasteiger partial charge in [0.25, 0.3) is 0 Å². The van der Waals surface area contributed by atoms with E-state index in [1.807, 2.05) is 6.92 Å². The van der Waals surface area contributed by atoms with Gasteiger partial charge in [-0.25, -0.2) is 8.42 Å². The molecule has 0 aromatic heterocycles. The molecule has 1 aliphatic rings. The summed E-state index contributed by atoms with van der Waals surface area (Å²) in [5.74, 6) is -0.0789. The van der Waals surface area contributed by atoms with Crippen molar-refractivity contribution < 1.29 is 13.2 Å². The maximum atomic E-state index is 12.5. The lowest BCUT2D eigenvalue weighted by Crippen LogP contribution is -2.04. The van der Waals surface area contributed by atoms with Crippen LogP contribution in [0.15, 0.2) is 57.4 Å². The van der Waals surface area contributed by atoms with Crippen molar-refractivity contribution in [3.05, 3.63) is 52.5 Å². The van der Waals surface area contributed by atoms with Gasteiger partial charge < -0.3 is 0 Å². The van der Waals surface area contributed by atoms with Crippen molar-refractivity contribution in [3.63, 3.8) is 0 Å². The molecule has 0 bridgehead atoms. The third-order valence-electron chi connectivity index (χ3n) is 3.82. The smallest absolute Gasteiger partial charge is 0.200 e. The molecule has 0 saturated heterocycles. The van der Waals surface area contributed by atoms with Crippen LogP contribution in [0.1, 0.15) is 46.0 Å². The monoisotopic (exact) mass is 318 g/mol. The zero-order valence-corrected chi connectivity index (χ0v) is 13.9. The fourth-order valence-corrected chi connectivity index (χ4v) is 4.05. The Morgan fingerprint density at radius 1 is 1.05 bits per heavy atom. The van der Waals surface area contributed by atoms with E-state index in [0.29, 0.717) is 12.0 Å². The number of carbonyl (C=O) groups is 1. The Morgan fingerprint density at radius 2 is 1.68 bits per heavy atom. The van der Waals surface area contributed by atoms with Crippen molar-refractivity contribution in [2.75, 3.05) is 0 Å². The minimum absolute atomic E-state index is 0.0789. The molecule has 0 amide bonds. The van der Waals surface area contributed by atoms with E-state index in [9.17, 15) is 13.2 Å². The third-order valence-corrected chi connectivity index (χ3v) is 5.34. The standard InChI is InChI=1S/C18H22O3S/c1-3-8-14-12-15(18(19)17(14)9-4-2)13-22(20,21)16-10-6-5-7-11-16/h5-7,10-11,13H,3-4,8-9,12H2,1-2H3/b15-13+. The number of allylic oxidation sites excluding steroid dienone is 3. The summed E-state index contributed by atoms with van der Waals surface area (Å²) in [4.78, 5) is 12.7. The normalized spacial score (nSPS) is 17.5. The molecule has 0 fully saturated rings. The van der Waals surface area contributed by atoms with Crippen LogP contribution in [-0.4, -0.2) is 14.2 Å². The van der Waals surface area contributed by atoms with Crippen LogP contribution in [0, 0.1) is 0 Å². The number of hydrogen-bond acceptors (Lipinski definition) is 3. The summed E-state index contributed by atoms with van der Waals surface area (Å²) in [7, 11) is -3.56. The summed E-state index contributed by atoms with van der Waals surface area (Å²) in [5.41, 5.74) is 2.36. The minimum atomic E-state index is -3.56. The highest BCUT2D eigenvalue weighted by Gasteiger charge is 2.28. The third kappa shape index (κ3) is 3.55. The first-order chi connectivity index (χ1) is 10.5. The number of Topliss-reactive ketones (excluding diaryl/α,β-unsaturated/α-hetero) is 1. The minimum Gasteiger partial charge on any atom is -0.289 e. The molecule has 2 rings (SSSR count). The van der Waals surface area contributed by atoms with Crippen molar-refractivity contribution in [1.29, 1.82) is 0 Å². The van der Waals surface area contributed by atoms with E-state index < -0.39 is 9.84 Å². The van der Waals surface area contributed by atoms with E-state index in [4.69, 9.17) is 0 Å². The van der Waals surface area contributed by atoms with Crippen LogP contribution in [0.2, 0.25) is 0 Å². The highest BCUT2D eigenvalue weighted by atomic mass is 32.2. The molecule has 1 aliphatic carbocycles. The molecule has 0 aliphatic heterocycles. The van der Waals surface area contributed by atoms with Gasteiger partial charge in [-0.1, -0.05) is 50.5 Å². The van der Waals surface area contributed by atoms with Crippen molar-refractivity contribution in [2.45, 2.75) is 50.8 Å². The van der Waals surface area contributed by atoms with Gasteiger partial charge in [0, 0.05) is 11.0 Å². The summed E-state index contributed by atoms with van der Waals surface area (Å²) in [6, 6.07) is 8.25. The van der Waals surface area contributed by atoms with Crippen molar-refractivity contribution in [2.24, 2.45) is 0 Å². The van der Waals surface area contributed by atoms with E-state index in [2.05, 4.69) is 6.92 Å². The molecule has 0 unspecified atom stereocenters. The van der Waals surface area contributed by atoms with Gasteiger partial charge in [0.15, 0.2) is 15.6 Å². The topological polar surface area (TPSA) is 51.2 Å². The molecule has 3 nitrogen and oxygen atoms in total. The van der Waals surface area contributed by atoms with Crippen LogP contribution < -0.4 is 0 Å². The molecule has 22 heavy (non-hydrogen) atoms. The molecule has 0 spiro atoms. The van der Waals surface area contributed by atoms with Crippen molar-refractivity contribution in [1.82, 2.24) is 0 Å². The molecule has 0 N–H and O–H groups in total. The molecular weight excluding hydrogens is 296 g/mol. The van der Waals surface area contributed by atoms with Gasteiger partial charge in [-0.2, -0.15) is 0 Å². The van der Waals surface area contributed by atoms with Crippen molar-refractivity contribution >= 4 is 15.6 Å². The van der Waals surface area contributed by atoms with Gasteiger partial charge in [0.2, 0.25) is 0 Å². The molecule has 1 aromatic rings. The van der Waals surface area contributed by atoms with E-state index >= 15 is 0 Å². The lowest BCUT2D eigenvalue weighted by molar-refractivity contribution is -0.112. The van der Waals surface area contributed by atoms with Crippen LogP contribution in [0.3, 0.4) is 0 Å². The molecule has 0 atom stereocenters. The SMILES string of the molecule is CCCC1=C(CCC)C(=O)/C(=C/S(=O)(=O)c2ccccc2)C1. The van der Waals surface area contributed by atoms with Gasteiger partial charge >= 0.3 is 0 Å². The average Bonchev–Trinajstić information content (AvgIpc) is 2.77. The first kappa shape index (κ1) is 16.7. The Hall–Kier alpha value is -1.68. The zero-order valence-electron chi connectivity index (χ0n) is 13.1. The summed E-state index contributed by atoms with van der Waals surface area (Å²) >= 11 is 0. The van der Waals surface area contributed by atoms with Crippen LogP contribution in [-0.2, 0) is 14.6 Å². The fraction of sp³-hybridized carbons (Fsp3) is 0.389. The maximum absolute atomic E-state index is 12.5. The Balaban J connectivity index is 2.34. The highest BCUT2D eigenvalue weighted by molar-refractivity contribution is 7.94. The van der Waals surface area contributed by atoms with Crippen molar-refractivity contribution in [3.8, 4) is 0 Å². The maximum Gasteiger partial charge on any atom is 0.200 e. The fourth-order valence-electron chi connectivity index (χ4n) is 2.81. The zero-order chi connectivity index (χ0) is 16.2. The molecule has 118 valence electrons. The van der Waals surface area contributed by atoms with E-state index in [0.717, 1.165) is 36.8 Å². The van der Waals surface area contributed by atoms with Gasteiger partial charge in [0.1, 0.15) is 0 Å². The van der Waals surface area contributed by atoms with Gasteiger partial charge in [-0.05, 0) is 37.0 Å². The average molecular weight is 318 g/mol. The van der Waals surface area contributed by atoms with E-state index in [1.54, 1.807) is 30.3 Å². The summed E-state index contributed by atoms with van der Waals surface area (Å²) in [6.45, 7) is 4.11. The van der Waals surface area contributed by atoms with Gasteiger partial charge in [-0.3, -0.25) is 4.79 Å². The second-order valence-corrected chi connectivity index (χ2v) is 7.39. The quantitative estimate of drug-likeness (QED) is 0.738. The number of sulfone groups is 1. The highest BCUT2D eigenvalue weighted by Crippen LogP contribution is 2.34. The first-order valence-corrected chi connectivity index (χ1v) is 9.30. The van der Waals surface area contributed by atoms with Crippen LogP contribution >= 0.6 is 0 Å². The second kappa shape index (κ2) is 7.05. The molecule has 0 radical (unpaired) electrons. The number of carbonyl (C=O) groups excluding carboxylic acids is 1. The Morgan fingerprint density at radius 3 is 2.27 bits per heavy atom.